The largest absolute Gasteiger partial charge is 0.504 e. The van der Waals surface area contributed by atoms with Crippen molar-refractivity contribution in [1.29, 1.82) is 0 Å². The number of pyridine rings is 1. The molecule has 1 aromatic heterocycles. The van der Waals surface area contributed by atoms with Crippen LogP contribution in [0.2, 0.25) is 0 Å². The summed E-state index contributed by atoms with van der Waals surface area (Å²) >= 11 is 0. The lowest BCUT2D eigenvalue weighted by molar-refractivity contribution is 0.341. The summed E-state index contributed by atoms with van der Waals surface area (Å²) in [4.78, 5) is 4.11. The third-order valence-electron chi connectivity index (χ3n) is 1.31. The molecule has 0 aliphatic carbocycles. The van der Waals surface area contributed by atoms with Gasteiger partial charge in [-0.25, -0.2) is 0 Å². The van der Waals surface area contributed by atoms with Crippen LogP contribution in [0.5, 0.6) is 0 Å². The van der Waals surface area contributed by atoms with Gasteiger partial charge in [-0.1, -0.05) is 0 Å². The van der Waals surface area contributed by atoms with Crippen LogP contribution in [-0.4, -0.2) is 12.1 Å². The maximum absolute atomic E-state index is 4.77. The smallest absolute Gasteiger partial charge is 0.0846 e. The number of nitrogens with zero attached hydrogens (tertiary/aromatic N) is 1. The lowest BCUT2D eigenvalue weighted by atomic mass is 10.2. The first-order chi connectivity index (χ1) is 5.33. The molecule has 0 amide bonds. The van der Waals surface area contributed by atoms with Gasteiger partial charge in [0.1, 0.15) is 0 Å². The third kappa shape index (κ3) is 2.42. The van der Waals surface area contributed by atoms with Gasteiger partial charge in [0, 0.05) is 6.20 Å². The maximum Gasteiger partial charge on any atom is 0.0846 e. The highest BCUT2D eigenvalue weighted by molar-refractivity contribution is 5.43. The second kappa shape index (κ2) is 3.76. The Balaban J connectivity index is 2.79. The topological polar surface area (TPSA) is 22.1 Å². The Bertz CT molecular complexity index is 255. The van der Waals surface area contributed by atoms with Crippen molar-refractivity contribution in [2.24, 2.45) is 0 Å². The second-order valence-corrected chi connectivity index (χ2v) is 2.30. The Morgan fingerprint density at radius 1 is 1.55 bits per heavy atom. The Morgan fingerprint density at radius 3 is 3.00 bits per heavy atom. The molecule has 0 N–H and O–H groups in total. The van der Waals surface area contributed by atoms with E-state index in [0.717, 1.165) is 5.69 Å². The molecule has 1 heterocycles. The molecule has 0 atom stereocenters. The van der Waals surface area contributed by atoms with Gasteiger partial charge in [0.15, 0.2) is 0 Å². The molecule has 0 aliphatic heterocycles. The fraction of sp³-hybridized carbons (Fsp3) is 0.222. The van der Waals surface area contributed by atoms with E-state index < -0.39 is 0 Å². The zero-order valence-electron chi connectivity index (χ0n) is 6.74. The van der Waals surface area contributed by atoms with Crippen molar-refractivity contribution in [3.8, 4) is 0 Å². The normalized spacial score (nSPS) is 10.4. The van der Waals surface area contributed by atoms with Gasteiger partial charge in [-0.2, -0.15) is 0 Å². The summed E-state index contributed by atoms with van der Waals surface area (Å²) in [5, 5.41) is 0. The molecule has 0 bridgehead atoms. The van der Waals surface area contributed by atoms with E-state index in [0.29, 0.717) is 0 Å². The van der Waals surface area contributed by atoms with E-state index in [1.165, 1.54) is 5.56 Å². The number of rotatable bonds is 2. The first-order valence-electron chi connectivity index (χ1n) is 3.45. The molecule has 11 heavy (non-hydrogen) atoms. The number of aryl methyl sites for hydroxylation is 1. The van der Waals surface area contributed by atoms with Crippen molar-refractivity contribution in [2.45, 2.75) is 6.92 Å². The van der Waals surface area contributed by atoms with E-state index in [1.807, 2.05) is 25.1 Å². The van der Waals surface area contributed by atoms with Crippen LogP contribution in [0.15, 0.2) is 24.6 Å². The first-order valence-corrected chi connectivity index (χ1v) is 3.45. The second-order valence-electron chi connectivity index (χ2n) is 2.30. The quantitative estimate of drug-likeness (QED) is 0.600. The van der Waals surface area contributed by atoms with E-state index in [4.69, 9.17) is 4.74 Å². The van der Waals surface area contributed by atoms with Gasteiger partial charge in [0.05, 0.1) is 19.1 Å². The van der Waals surface area contributed by atoms with E-state index >= 15 is 0 Å². The maximum atomic E-state index is 4.77. The van der Waals surface area contributed by atoms with Crippen LogP contribution in [0, 0.1) is 6.92 Å². The highest BCUT2D eigenvalue weighted by Crippen LogP contribution is 2.01. The summed E-state index contributed by atoms with van der Waals surface area (Å²) in [5.74, 6) is 0. The summed E-state index contributed by atoms with van der Waals surface area (Å²) in [6.45, 7) is 2.03. The van der Waals surface area contributed by atoms with Crippen LogP contribution in [0.4, 0.5) is 0 Å². The fourth-order valence-electron chi connectivity index (χ4n) is 0.788. The monoisotopic (exact) mass is 149 g/mol. The van der Waals surface area contributed by atoms with Gasteiger partial charge >= 0.3 is 0 Å². The summed E-state index contributed by atoms with van der Waals surface area (Å²) in [7, 11) is 1.62. The predicted octanol–water partition coefficient (Wildman–Crippen LogP) is 2.01. The van der Waals surface area contributed by atoms with Crippen LogP contribution >= 0.6 is 0 Å². The molecule has 0 saturated carbocycles. The van der Waals surface area contributed by atoms with Crippen LogP contribution in [0.1, 0.15) is 11.3 Å². The number of ether oxygens (including phenoxy) is 1. The van der Waals surface area contributed by atoms with E-state index in [1.54, 1.807) is 19.6 Å². The number of methoxy groups -OCH3 is 1. The number of hydrogen-bond acceptors (Lipinski definition) is 2. The highest BCUT2D eigenvalue weighted by atomic mass is 16.5. The molecule has 2 heteroatoms. The molecule has 2 nitrogen and oxygen atoms in total. The van der Waals surface area contributed by atoms with E-state index in [9.17, 15) is 0 Å². The fourth-order valence-corrected chi connectivity index (χ4v) is 0.788. The Morgan fingerprint density at radius 2 is 2.36 bits per heavy atom. The molecular formula is C9H11NO. The standard InChI is InChI=1S/C9H11NO/c1-8-3-5-10-9(7-8)4-6-11-2/h3-7H,1-2H3/b6-4-. The van der Waals surface area contributed by atoms with Gasteiger partial charge in [0.2, 0.25) is 0 Å². The predicted molar refractivity (Wildman–Crippen MR) is 45.0 cm³/mol. The summed E-state index contributed by atoms with van der Waals surface area (Å²) in [6.07, 6.45) is 5.22. The first kappa shape index (κ1) is 7.79. The Labute approximate surface area is 66.5 Å². The lowest BCUT2D eigenvalue weighted by Crippen LogP contribution is -1.80. The van der Waals surface area contributed by atoms with Crippen molar-refractivity contribution in [3.05, 3.63) is 35.8 Å². The van der Waals surface area contributed by atoms with E-state index in [-0.39, 0.29) is 0 Å². The number of aromatic nitrogens is 1. The average molecular weight is 149 g/mol. The van der Waals surface area contributed by atoms with Gasteiger partial charge in [0.25, 0.3) is 0 Å². The molecule has 1 aromatic rings. The molecule has 0 aliphatic rings. The molecule has 0 radical (unpaired) electrons. The molecule has 0 unspecified atom stereocenters. The minimum atomic E-state index is 0.923. The van der Waals surface area contributed by atoms with Gasteiger partial charge in [-0.3, -0.25) is 4.98 Å². The van der Waals surface area contributed by atoms with Crippen molar-refractivity contribution in [2.75, 3.05) is 7.11 Å². The molecule has 0 spiro atoms. The van der Waals surface area contributed by atoms with E-state index in [2.05, 4.69) is 4.98 Å². The van der Waals surface area contributed by atoms with Crippen LogP contribution < -0.4 is 0 Å². The zero-order valence-corrected chi connectivity index (χ0v) is 6.74. The molecular weight excluding hydrogens is 138 g/mol. The number of hydrogen-bond donors (Lipinski definition) is 0. The minimum Gasteiger partial charge on any atom is -0.504 e. The lowest BCUT2D eigenvalue weighted by Gasteiger charge is -1.93. The molecule has 58 valence electrons. The minimum absolute atomic E-state index is 0.923. The van der Waals surface area contributed by atoms with Crippen molar-refractivity contribution < 1.29 is 4.74 Å². The van der Waals surface area contributed by atoms with Crippen LogP contribution in [0.3, 0.4) is 0 Å². The summed E-state index contributed by atoms with van der Waals surface area (Å²) in [6, 6.07) is 3.96. The molecule has 1 rings (SSSR count). The summed E-state index contributed by atoms with van der Waals surface area (Å²) in [5.41, 5.74) is 2.13. The van der Waals surface area contributed by atoms with Gasteiger partial charge < -0.3 is 4.74 Å². The highest BCUT2D eigenvalue weighted by Gasteiger charge is 1.86. The molecule has 0 aromatic carbocycles. The van der Waals surface area contributed by atoms with Gasteiger partial charge in [-0.15, -0.1) is 0 Å². The average Bonchev–Trinajstić information content (AvgIpc) is 2.01. The Kier molecular flexibility index (Phi) is 2.66. The Hall–Kier alpha value is -1.31. The zero-order chi connectivity index (χ0) is 8.10. The SMILES string of the molecule is CO/C=C\c1cc(C)ccn1. The molecule has 0 saturated heterocycles. The summed E-state index contributed by atoms with van der Waals surface area (Å²) < 4.78 is 4.77. The van der Waals surface area contributed by atoms with Crippen molar-refractivity contribution in [1.82, 2.24) is 4.98 Å². The van der Waals surface area contributed by atoms with Crippen molar-refractivity contribution >= 4 is 6.08 Å². The van der Waals surface area contributed by atoms with Crippen molar-refractivity contribution in [3.63, 3.8) is 0 Å². The third-order valence-corrected chi connectivity index (χ3v) is 1.31. The van der Waals surface area contributed by atoms with Crippen LogP contribution in [0.25, 0.3) is 6.08 Å². The van der Waals surface area contributed by atoms with Crippen LogP contribution in [-0.2, 0) is 4.74 Å². The van der Waals surface area contributed by atoms with Gasteiger partial charge in [-0.05, 0) is 30.7 Å². The molecule has 0 fully saturated rings.